The number of methoxy groups -OCH3 is 1. The molecule has 15 heavy (non-hydrogen) atoms. The number of ether oxygens (including phenoxy) is 1. The van der Waals surface area contributed by atoms with Crippen LogP contribution in [0.1, 0.15) is 39.5 Å². The molecule has 0 atom stereocenters. The minimum absolute atomic E-state index is 0.0417. The van der Waals surface area contributed by atoms with Crippen LogP contribution in [-0.2, 0) is 14.3 Å². The molecule has 0 rings (SSSR count). The van der Waals surface area contributed by atoms with Crippen LogP contribution in [-0.4, -0.2) is 25.5 Å². The Morgan fingerprint density at radius 3 is 2.40 bits per heavy atom. The van der Waals surface area contributed by atoms with Crippen molar-refractivity contribution in [1.82, 2.24) is 5.32 Å². The zero-order valence-electron chi connectivity index (χ0n) is 9.84. The summed E-state index contributed by atoms with van der Waals surface area (Å²) in [6.07, 6.45) is 3.14. The van der Waals surface area contributed by atoms with Crippen LogP contribution in [0.3, 0.4) is 0 Å². The third kappa shape index (κ3) is 7.97. The van der Waals surface area contributed by atoms with Gasteiger partial charge in [-0.05, 0) is 12.8 Å². The minimum atomic E-state index is -0.166. The lowest BCUT2D eigenvalue weighted by Gasteiger charge is -2.06. The second-order valence-corrected chi connectivity index (χ2v) is 3.83. The van der Waals surface area contributed by atoms with Gasteiger partial charge in [0.25, 0.3) is 0 Å². The lowest BCUT2D eigenvalue weighted by atomic mass is 10.2. The van der Waals surface area contributed by atoms with Crippen LogP contribution in [0, 0.1) is 5.92 Å². The highest BCUT2D eigenvalue weighted by Gasteiger charge is 2.04. The van der Waals surface area contributed by atoms with Crippen molar-refractivity contribution in [3.8, 4) is 0 Å². The van der Waals surface area contributed by atoms with Crippen molar-refractivity contribution in [3.63, 3.8) is 0 Å². The number of hydrogen-bond acceptors (Lipinski definition) is 3. The average Bonchev–Trinajstić information content (AvgIpc) is 2.22. The predicted molar refractivity (Wildman–Crippen MR) is 58.3 cm³/mol. The quantitative estimate of drug-likeness (QED) is 0.517. The maximum atomic E-state index is 11.1. The van der Waals surface area contributed by atoms with Gasteiger partial charge in [0, 0.05) is 18.9 Å². The van der Waals surface area contributed by atoms with Crippen LogP contribution < -0.4 is 5.32 Å². The van der Waals surface area contributed by atoms with E-state index in [1.54, 1.807) is 0 Å². The highest BCUT2D eigenvalue weighted by atomic mass is 16.5. The van der Waals surface area contributed by atoms with Gasteiger partial charge in [0.15, 0.2) is 0 Å². The zero-order valence-corrected chi connectivity index (χ0v) is 9.84. The molecule has 0 saturated carbocycles. The molecule has 0 aromatic carbocycles. The second-order valence-electron chi connectivity index (χ2n) is 3.83. The van der Waals surface area contributed by atoms with E-state index >= 15 is 0 Å². The minimum Gasteiger partial charge on any atom is -0.469 e. The molecular weight excluding hydrogens is 194 g/mol. The predicted octanol–water partition coefficient (Wildman–Crippen LogP) is 1.49. The molecule has 0 bridgehead atoms. The fourth-order valence-corrected chi connectivity index (χ4v) is 1.09. The van der Waals surface area contributed by atoms with Crippen LogP contribution in [0.2, 0.25) is 0 Å². The number of unbranched alkanes of at least 4 members (excludes halogenated alkanes) is 2. The first-order valence-corrected chi connectivity index (χ1v) is 5.42. The van der Waals surface area contributed by atoms with E-state index in [2.05, 4.69) is 10.1 Å². The first-order chi connectivity index (χ1) is 7.07. The Kier molecular flexibility index (Phi) is 7.68. The maximum absolute atomic E-state index is 11.1. The van der Waals surface area contributed by atoms with Gasteiger partial charge in [0.1, 0.15) is 0 Å². The SMILES string of the molecule is COC(=O)CCCCCNC(=O)C(C)C. The zero-order chi connectivity index (χ0) is 11.7. The molecule has 0 radical (unpaired) electrons. The van der Waals surface area contributed by atoms with Crippen molar-refractivity contribution in [2.75, 3.05) is 13.7 Å². The van der Waals surface area contributed by atoms with Crippen LogP contribution in [0.25, 0.3) is 0 Å². The van der Waals surface area contributed by atoms with E-state index in [-0.39, 0.29) is 17.8 Å². The lowest BCUT2D eigenvalue weighted by molar-refractivity contribution is -0.140. The van der Waals surface area contributed by atoms with Crippen molar-refractivity contribution in [2.45, 2.75) is 39.5 Å². The van der Waals surface area contributed by atoms with Crippen LogP contribution in [0.4, 0.5) is 0 Å². The number of rotatable bonds is 7. The summed E-state index contributed by atoms with van der Waals surface area (Å²) in [6.45, 7) is 4.43. The maximum Gasteiger partial charge on any atom is 0.305 e. The number of amides is 1. The van der Waals surface area contributed by atoms with Crippen molar-refractivity contribution in [2.24, 2.45) is 5.92 Å². The number of carbonyl (C=O) groups excluding carboxylic acids is 2. The number of nitrogens with one attached hydrogen (secondary N) is 1. The van der Waals surface area contributed by atoms with E-state index < -0.39 is 0 Å². The van der Waals surface area contributed by atoms with Crippen LogP contribution in [0.15, 0.2) is 0 Å². The van der Waals surface area contributed by atoms with Gasteiger partial charge >= 0.3 is 5.97 Å². The molecule has 0 aliphatic heterocycles. The molecule has 0 saturated heterocycles. The summed E-state index contributed by atoms with van der Waals surface area (Å²) in [5, 5.41) is 2.83. The lowest BCUT2D eigenvalue weighted by Crippen LogP contribution is -2.28. The van der Waals surface area contributed by atoms with Gasteiger partial charge in [-0.25, -0.2) is 0 Å². The Morgan fingerprint density at radius 2 is 1.87 bits per heavy atom. The summed E-state index contributed by atoms with van der Waals surface area (Å²) >= 11 is 0. The van der Waals surface area contributed by atoms with Gasteiger partial charge in [0.2, 0.25) is 5.91 Å². The number of carbonyl (C=O) groups is 2. The second kappa shape index (κ2) is 8.26. The Labute approximate surface area is 91.4 Å². The number of esters is 1. The largest absolute Gasteiger partial charge is 0.469 e. The number of hydrogen-bond donors (Lipinski definition) is 1. The summed E-state index contributed by atoms with van der Waals surface area (Å²) < 4.78 is 4.52. The first-order valence-electron chi connectivity index (χ1n) is 5.42. The highest BCUT2D eigenvalue weighted by Crippen LogP contribution is 2.00. The highest BCUT2D eigenvalue weighted by molar-refractivity contribution is 5.77. The standard InChI is InChI=1S/C11H21NO3/c1-9(2)11(14)12-8-6-4-5-7-10(13)15-3/h9H,4-8H2,1-3H3,(H,12,14). The molecule has 0 aliphatic carbocycles. The summed E-state index contributed by atoms with van der Waals surface area (Å²) in [6, 6.07) is 0. The third-order valence-corrected chi connectivity index (χ3v) is 2.11. The molecule has 1 amide bonds. The van der Waals surface area contributed by atoms with E-state index in [4.69, 9.17) is 0 Å². The molecule has 0 aromatic heterocycles. The fraction of sp³-hybridized carbons (Fsp3) is 0.818. The van der Waals surface area contributed by atoms with E-state index in [1.165, 1.54) is 7.11 Å². The van der Waals surface area contributed by atoms with Gasteiger partial charge in [0.05, 0.1) is 7.11 Å². The molecular formula is C11H21NO3. The third-order valence-electron chi connectivity index (χ3n) is 2.11. The van der Waals surface area contributed by atoms with Gasteiger partial charge in [-0.1, -0.05) is 20.3 Å². The van der Waals surface area contributed by atoms with Gasteiger partial charge in [-0.15, -0.1) is 0 Å². The van der Waals surface area contributed by atoms with Gasteiger partial charge in [-0.2, -0.15) is 0 Å². The fourth-order valence-electron chi connectivity index (χ4n) is 1.09. The van der Waals surface area contributed by atoms with Crippen molar-refractivity contribution >= 4 is 11.9 Å². The van der Waals surface area contributed by atoms with Crippen molar-refractivity contribution in [3.05, 3.63) is 0 Å². The Hall–Kier alpha value is -1.06. The topological polar surface area (TPSA) is 55.4 Å². The Bertz CT molecular complexity index is 202. The van der Waals surface area contributed by atoms with Crippen LogP contribution in [0.5, 0.6) is 0 Å². The van der Waals surface area contributed by atoms with Gasteiger partial charge in [-0.3, -0.25) is 9.59 Å². The normalized spacial score (nSPS) is 10.1. The summed E-state index contributed by atoms with van der Waals surface area (Å²) in [4.78, 5) is 21.9. The van der Waals surface area contributed by atoms with E-state index in [1.807, 2.05) is 13.8 Å². The van der Waals surface area contributed by atoms with E-state index in [0.29, 0.717) is 13.0 Å². The average molecular weight is 215 g/mol. The molecule has 88 valence electrons. The smallest absolute Gasteiger partial charge is 0.305 e. The molecule has 0 unspecified atom stereocenters. The molecule has 4 heteroatoms. The molecule has 0 aliphatic rings. The molecule has 1 N–H and O–H groups in total. The molecule has 0 heterocycles. The Morgan fingerprint density at radius 1 is 1.20 bits per heavy atom. The summed E-state index contributed by atoms with van der Waals surface area (Å²) in [7, 11) is 1.39. The van der Waals surface area contributed by atoms with Gasteiger partial charge < -0.3 is 10.1 Å². The Balaban J connectivity index is 3.25. The molecule has 0 spiro atoms. The van der Waals surface area contributed by atoms with E-state index in [9.17, 15) is 9.59 Å². The monoisotopic (exact) mass is 215 g/mol. The molecule has 0 fully saturated rings. The summed E-state index contributed by atoms with van der Waals surface area (Å²) in [5.41, 5.74) is 0. The molecule has 4 nitrogen and oxygen atoms in total. The van der Waals surface area contributed by atoms with Crippen molar-refractivity contribution in [1.29, 1.82) is 0 Å². The first kappa shape index (κ1) is 13.9. The summed E-state index contributed by atoms with van der Waals surface area (Å²) in [5.74, 6) is -0.0377. The van der Waals surface area contributed by atoms with Crippen LogP contribution >= 0.6 is 0 Å². The van der Waals surface area contributed by atoms with Crippen molar-refractivity contribution < 1.29 is 14.3 Å². The molecule has 0 aromatic rings. The van der Waals surface area contributed by atoms with E-state index in [0.717, 1.165) is 19.3 Å².